The molecule has 0 aliphatic rings. The summed E-state index contributed by atoms with van der Waals surface area (Å²) >= 11 is 5.92. The molecule has 5 nitrogen and oxygen atoms in total. The number of hydrogen-bond acceptors (Lipinski definition) is 4. The van der Waals surface area contributed by atoms with Crippen LogP contribution in [0.2, 0.25) is 5.02 Å². The first-order valence-electron chi connectivity index (χ1n) is 5.66. The van der Waals surface area contributed by atoms with E-state index < -0.39 is 5.97 Å². The molecule has 0 atom stereocenters. The van der Waals surface area contributed by atoms with E-state index in [-0.39, 0.29) is 5.69 Å². The first-order chi connectivity index (χ1) is 9.04. The van der Waals surface area contributed by atoms with E-state index in [1.807, 2.05) is 6.92 Å². The van der Waals surface area contributed by atoms with Crippen LogP contribution in [0.1, 0.15) is 23.0 Å². The minimum Gasteiger partial charge on any atom is -0.493 e. The van der Waals surface area contributed by atoms with Gasteiger partial charge in [-0.2, -0.15) is 0 Å². The topological polar surface area (TPSA) is 72.6 Å². The molecule has 1 aromatic heterocycles. The fraction of sp³-hybridized carbons (Fsp3) is 0.231. The summed E-state index contributed by atoms with van der Waals surface area (Å²) in [5.74, 6) is -0.219. The van der Waals surface area contributed by atoms with Crippen molar-refractivity contribution in [2.45, 2.75) is 13.8 Å². The van der Waals surface area contributed by atoms with Crippen molar-refractivity contribution in [2.75, 3.05) is 6.61 Å². The summed E-state index contributed by atoms with van der Waals surface area (Å²) in [6, 6.07) is 5.05. The summed E-state index contributed by atoms with van der Waals surface area (Å²) in [4.78, 5) is 11.0. The molecule has 2 aromatic rings. The molecule has 0 saturated carbocycles. The second-order valence-electron chi connectivity index (χ2n) is 3.86. The maximum Gasteiger partial charge on any atom is 0.358 e. The van der Waals surface area contributed by atoms with Gasteiger partial charge in [-0.15, -0.1) is 0 Å². The van der Waals surface area contributed by atoms with Crippen molar-refractivity contribution in [3.8, 4) is 17.1 Å². The van der Waals surface area contributed by atoms with Gasteiger partial charge < -0.3 is 14.4 Å². The van der Waals surface area contributed by atoms with Crippen LogP contribution in [0.5, 0.6) is 5.75 Å². The first-order valence-corrected chi connectivity index (χ1v) is 6.04. The zero-order valence-electron chi connectivity index (χ0n) is 10.4. The van der Waals surface area contributed by atoms with Crippen molar-refractivity contribution in [3.63, 3.8) is 0 Å². The second-order valence-corrected chi connectivity index (χ2v) is 4.30. The normalized spacial score (nSPS) is 10.5. The number of aromatic carboxylic acids is 1. The molecule has 0 spiro atoms. The number of aromatic nitrogens is 1. The van der Waals surface area contributed by atoms with Crippen LogP contribution in [0.25, 0.3) is 11.3 Å². The third-order valence-electron chi connectivity index (χ3n) is 2.61. The molecule has 1 heterocycles. The Morgan fingerprint density at radius 2 is 2.26 bits per heavy atom. The predicted octanol–water partition coefficient (Wildman–Crippen LogP) is 3.40. The zero-order chi connectivity index (χ0) is 14.0. The van der Waals surface area contributed by atoms with Gasteiger partial charge in [0.15, 0.2) is 11.5 Å². The molecular weight excluding hydrogens is 270 g/mol. The van der Waals surface area contributed by atoms with Gasteiger partial charge in [-0.25, -0.2) is 4.79 Å². The maximum absolute atomic E-state index is 11.0. The molecule has 0 aliphatic heterocycles. The Morgan fingerprint density at radius 3 is 2.84 bits per heavy atom. The van der Waals surface area contributed by atoms with E-state index in [0.29, 0.717) is 34.3 Å². The Labute approximate surface area is 114 Å². The summed E-state index contributed by atoms with van der Waals surface area (Å²) in [5.41, 5.74) is 0.979. The molecule has 6 heteroatoms. The van der Waals surface area contributed by atoms with Crippen LogP contribution < -0.4 is 4.74 Å². The lowest BCUT2D eigenvalue weighted by Gasteiger charge is -2.08. The van der Waals surface area contributed by atoms with Crippen LogP contribution in [0.3, 0.4) is 0 Å². The minimum absolute atomic E-state index is 0.104. The van der Waals surface area contributed by atoms with Crippen LogP contribution in [0.15, 0.2) is 22.7 Å². The third-order valence-corrected chi connectivity index (χ3v) is 2.85. The van der Waals surface area contributed by atoms with E-state index in [2.05, 4.69) is 5.16 Å². The molecule has 0 saturated heterocycles. The van der Waals surface area contributed by atoms with Crippen molar-refractivity contribution in [3.05, 3.63) is 34.5 Å². The molecule has 1 aromatic carbocycles. The number of nitrogens with zero attached hydrogens (tertiary/aromatic N) is 1. The quantitative estimate of drug-likeness (QED) is 0.930. The lowest BCUT2D eigenvalue weighted by molar-refractivity contribution is 0.0685. The summed E-state index contributed by atoms with van der Waals surface area (Å²) < 4.78 is 10.6. The van der Waals surface area contributed by atoms with E-state index in [1.165, 1.54) is 0 Å². The molecule has 0 unspecified atom stereocenters. The van der Waals surface area contributed by atoms with Gasteiger partial charge >= 0.3 is 5.97 Å². The summed E-state index contributed by atoms with van der Waals surface area (Å²) in [6.07, 6.45) is 0. The minimum atomic E-state index is -1.13. The van der Waals surface area contributed by atoms with Gasteiger partial charge in [-0.3, -0.25) is 0 Å². The van der Waals surface area contributed by atoms with Crippen LogP contribution in [0, 0.1) is 6.92 Å². The Bertz CT molecular complexity index is 621. The van der Waals surface area contributed by atoms with Crippen molar-refractivity contribution >= 4 is 17.6 Å². The lowest BCUT2D eigenvalue weighted by Crippen LogP contribution is -1.99. The second kappa shape index (κ2) is 5.32. The monoisotopic (exact) mass is 281 g/mol. The highest BCUT2D eigenvalue weighted by Crippen LogP contribution is 2.35. The van der Waals surface area contributed by atoms with Crippen LogP contribution >= 0.6 is 11.6 Å². The molecule has 0 fully saturated rings. The SMILES string of the molecule is CCOc1cc(Cl)ccc1-c1onc(C(=O)O)c1C. The molecule has 19 heavy (non-hydrogen) atoms. The van der Waals surface area contributed by atoms with Crippen molar-refractivity contribution in [1.82, 2.24) is 5.16 Å². The number of hydrogen-bond donors (Lipinski definition) is 1. The number of carbonyl (C=O) groups is 1. The van der Waals surface area contributed by atoms with E-state index in [1.54, 1.807) is 25.1 Å². The van der Waals surface area contributed by atoms with E-state index in [0.717, 1.165) is 0 Å². The number of ether oxygens (including phenoxy) is 1. The smallest absolute Gasteiger partial charge is 0.358 e. The molecule has 0 radical (unpaired) electrons. The summed E-state index contributed by atoms with van der Waals surface area (Å²) in [6.45, 7) is 3.95. The largest absolute Gasteiger partial charge is 0.493 e. The molecule has 100 valence electrons. The Kier molecular flexibility index (Phi) is 3.76. The van der Waals surface area contributed by atoms with E-state index in [4.69, 9.17) is 26.0 Å². The van der Waals surface area contributed by atoms with Gasteiger partial charge in [-0.1, -0.05) is 16.8 Å². The van der Waals surface area contributed by atoms with Gasteiger partial charge in [0.2, 0.25) is 0 Å². The molecular formula is C13H12ClNO4. The predicted molar refractivity (Wildman–Crippen MR) is 69.8 cm³/mol. The summed E-state index contributed by atoms with van der Waals surface area (Å²) in [7, 11) is 0. The zero-order valence-corrected chi connectivity index (χ0v) is 11.2. The summed E-state index contributed by atoms with van der Waals surface area (Å²) in [5, 5.41) is 13.1. The maximum atomic E-state index is 11.0. The number of carboxylic acids is 1. The van der Waals surface area contributed by atoms with Crippen molar-refractivity contribution in [2.24, 2.45) is 0 Å². The van der Waals surface area contributed by atoms with Crippen LogP contribution in [0.4, 0.5) is 0 Å². The fourth-order valence-electron chi connectivity index (χ4n) is 1.75. The third kappa shape index (κ3) is 2.56. The number of benzene rings is 1. The van der Waals surface area contributed by atoms with Crippen molar-refractivity contribution < 1.29 is 19.2 Å². The number of halogens is 1. The van der Waals surface area contributed by atoms with Crippen LogP contribution in [-0.2, 0) is 0 Å². The molecule has 1 N–H and O–H groups in total. The van der Waals surface area contributed by atoms with Gasteiger partial charge in [0, 0.05) is 10.6 Å². The number of rotatable bonds is 4. The van der Waals surface area contributed by atoms with E-state index >= 15 is 0 Å². The van der Waals surface area contributed by atoms with Crippen molar-refractivity contribution in [1.29, 1.82) is 0 Å². The Morgan fingerprint density at radius 1 is 1.53 bits per heavy atom. The Balaban J connectivity index is 2.55. The standard InChI is InChI=1S/C13H12ClNO4/c1-3-18-10-6-8(14)4-5-9(10)12-7(2)11(13(16)17)15-19-12/h4-6H,3H2,1-2H3,(H,16,17). The molecule has 0 bridgehead atoms. The fourth-order valence-corrected chi connectivity index (χ4v) is 1.91. The van der Waals surface area contributed by atoms with Gasteiger partial charge in [0.25, 0.3) is 0 Å². The Hall–Kier alpha value is -2.01. The molecule has 2 rings (SSSR count). The lowest BCUT2D eigenvalue weighted by atomic mass is 10.1. The van der Waals surface area contributed by atoms with Gasteiger partial charge in [0.05, 0.1) is 12.2 Å². The van der Waals surface area contributed by atoms with Crippen LogP contribution in [-0.4, -0.2) is 22.8 Å². The number of carboxylic acid groups (broad SMARTS) is 1. The van der Waals surface area contributed by atoms with Gasteiger partial charge in [0.1, 0.15) is 5.75 Å². The molecule has 0 amide bonds. The highest BCUT2D eigenvalue weighted by molar-refractivity contribution is 6.30. The molecule has 0 aliphatic carbocycles. The van der Waals surface area contributed by atoms with E-state index in [9.17, 15) is 4.79 Å². The highest BCUT2D eigenvalue weighted by atomic mass is 35.5. The first kappa shape index (κ1) is 13.4. The average molecular weight is 282 g/mol. The average Bonchev–Trinajstić information content (AvgIpc) is 2.72. The van der Waals surface area contributed by atoms with Gasteiger partial charge in [-0.05, 0) is 32.0 Å². The highest BCUT2D eigenvalue weighted by Gasteiger charge is 2.21.